The lowest BCUT2D eigenvalue weighted by molar-refractivity contribution is 0.240. The van der Waals surface area contributed by atoms with E-state index < -0.39 is 10.1 Å². The molecule has 0 aromatic heterocycles. The smallest absolute Gasteiger partial charge is 0.265 e. The van der Waals surface area contributed by atoms with E-state index in [4.69, 9.17) is 4.18 Å². The normalized spacial score (nSPS) is 13.9. The maximum absolute atomic E-state index is 11.3. The Morgan fingerprint density at radius 2 is 1.46 bits per heavy atom. The second-order valence-corrected chi connectivity index (χ2v) is 10.5. The molecule has 166 valence electrons. The van der Waals surface area contributed by atoms with Crippen LogP contribution in [0.15, 0.2) is 24.3 Å². The van der Waals surface area contributed by atoms with Crippen molar-refractivity contribution in [2.24, 2.45) is 0 Å². The Labute approximate surface area is 179 Å². The maximum Gasteiger partial charge on any atom is 0.265 e. The molecule has 0 spiro atoms. The summed E-state index contributed by atoms with van der Waals surface area (Å²) in [5.41, 5.74) is -0.309. The number of hydrogen-bond donors (Lipinski definition) is 0. The summed E-state index contributed by atoms with van der Waals surface area (Å²) >= 11 is 1.60. The van der Waals surface area contributed by atoms with Crippen molar-refractivity contribution in [1.82, 2.24) is 4.90 Å². The Hall–Kier alpha value is -0.300. The van der Waals surface area contributed by atoms with E-state index in [-0.39, 0.29) is 5.44 Å². The molecule has 0 fully saturated rings. The van der Waals surface area contributed by atoms with E-state index in [1.54, 1.807) is 11.8 Å². The molecule has 0 rings (SSSR count). The summed E-state index contributed by atoms with van der Waals surface area (Å²) in [6.45, 7) is 2.85. The van der Waals surface area contributed by atoms with Gasteiger partial charge in [-0.2, -0.15) is 8.42 Å². The van der Waals surface area contributed by atoms with Gasteiger partial charge in [0.2, 0.25) is 0 Å². The Bertz CT molecular complexity index is 502. The molecule has 1 atom stereocenters. The summed E-state index contributed by atoms with van der Waals surface area (Å²) in [6.07, 6.45) is 23.8. The van der Waals surface area contributed by atoms with E-state index >= 15 is 0 Å². The van der Waals surface area contributed by atoms with Gasteiger partial charge in [0.05, 0.1) is 6.26 Å². The number of unbranched alkanes of at least 4 members (excludes halogenated alkanes) is 8. The highest BCUT2D eigenvalue weighted by molar-refractivity contribution is 8.00. The van der Waals surface area contributed by atoms with Gasteiger partial charge in [-0.3, -0.25) is 4.18 Å². The minimum atomic E-state index is -3.40. The molecular weight excluding hydrogens is 390 g/mol. The molecular formula is C22H43NO3S2. The van der Waals surface area contributed by atoms with E-state index in [1.165, 1.54) is 57.8 Å². The molecule has 28 heavy (non-hydrogen) atoms. The van der Waals surface area contributed by atoms with Crippen LogP contribution in [-0.4, -0.2) is 51.4 Å². The van der Waals surface area contributed by atoms with Crippen LogP contribution in [0.1, 0.15) is 77.6 Å². The number of nitrogens with zero attached hydrogens (tertiary/aromatic N) is 1. The van der Waals surface area contributed by atoms with E-state index in [0.29, 0.717) is 6.54 Å². The quantitative estimate of drug-likeness (QED) is 0.108. The SMILES string of the molecule is CCCCC/C=C\C/C=C\CCCCCCCSC(CN(C)C)OS(C)(=O)=O. The lowest BCUT2D eigenvalue weighted by Gasteiger charge is -2.19. The maximum atomic E-state index is 11.3. The molecule has 0 bridgehead atoms. The summed E-state index contributed by atoms with van der Waals surface area (Å²) in [5, 5.41) is 0. The molecule has 0 aliphatic heterocycles. The Morgan fingerprint density at radius 3 is 2.04 bits per heavy atom. The minimum absolute atomic E-state index is 0.309. The van der Waals surface area contributed by atoms with Crippen LogP contribution in [0.2, 0.25) is 0 Å². The van der Waals surface area contributed by atoms with E-state index in [1.807, 2.05) is 19.0 Å². The Kier molecular flexibility index (Phi) is 18.5. The van der Waals surface area contributed by atoms with Crippen LogP contribution in [-0.2, 0) is 14.3 Å². The summed E-state index contributed by atoms with van der Waals surface area (Å²) in [5.74, 6) is 0.943. The zero-order chi connectivity index (χ0) is 21.1. The van der Waals surface area contributed by atoms with Crippen molar-refractivity contribution < 1.29 is 12.6 Å². The van der Waals surface area contributed by atoms with Gasteiger partial charge in [-0.25, -0.2) is 0 Å². The molecule has 0 aromatic carbocycles. The van der Waals surface area contributed by atoms with Crippen molar-refractivity contribution in [3.63, 3.8) is 0 Å². The van der Waals surface area contributed by atoms with E-state index in [2.05, 4.69) is 31.2 Å². The second kappa shape index (κ2) is 18.7. The van der Waals surface area contributed by atoms with Crippen LogP contribution in [0.25, 0.3) is 0 Å². The third kappa shape index (κ3) is 22.0. The first-order valence-electron chi connectivity index (χ1n) is 10.8. The average molecular weight is 434 g/mol. The Balaban J connectivity index is 3.58. The number of allylic oxidation sites excluding steroid dienone is 4. The fourth-order valence-corrected chi connectivity index (χ4v) is 4.87. The number of hydrogen-bond acceptors (Lipinski definition) is 5. The van der Waals surface area contributed by atoms with Gasteiger partial charge < -0.3 is 4.90 Å². The topological polar surface area (TPSA) is 46.6 Å². The highest BCUT2D eigenvalue weighted by Gasteiger charge is 2.16. The van der Waals surface area contributed by atoms with Crippen molar-refractivity contribution in [2.75, 3.05) is 32.6 Å². The molecule has 0 amide bonds. The van der Waals surface area contributed by atoms with Gasteiger partial charge in [0.15, 0.2) is 0 Å². The van der Waals surface area contributed by atoms with Gasteiger partial charge in [0.25, 0.3) is 10.1 Å². The van der Waals surface area contributed by atoms with Crippen LogP contribution in [0, 0.1) is 0 Å². The summed E-state index contributed by atoms with van der Waals surface area (Å²) < 4.78 is 27.8. The molecule has 0 heterocycles. The standard InChI is InChI=1S/C22H43NO3S2/c1-5-6-7-8-9-10-11-12-13-14-15-16-17-18-19-20-27-22(21-23(2)3)26-28(4,24)25/h9-10,12-13,22H,5-8,11,14-21H2,1-4H3/b10-9-,13-12-. The molecule has 0 aliphatic carbocycles. The predicted octanol–water partition coefficient (Wildman–Crippen LogP) is 6.01. The molecule has 6 heteroatoms. The minimum Gasteiger partial charge on any atom is -0.306 e. The highest BCUT2D eigenvalue weighted by atomic mass is 32.2. The molecule has 0 aliphatic rings. The van der Waals surface area contributed by atoms with Gasteiger partial charge in [-0.05, 0) is 58.4 Å². The van der Waals surface area contributed by atoms with Crippen molar-refractivity contribution in [1.29, 1.82) is 0 Å². The van der Waals surface area contributed by atoms with Crippen LogP contribution in [0.5, 0.6) is 0 Å². The first kappa shape index (κ1) is 27.7. The summed E-state index contributed by atoms with van der Waals surface area (Å²) in [7, 11) is 0.457. The first-order valence-corrected chi connectivity index (χ1v) is 13.7. The zero-order valence-electron chi connectivity index (χ0n) is 18.6. The van der Waals surface area contributed by atoms with E-state index in [0.717, 1.165) is 24.9 Å². The third-order valence-corrected chi connectivity index (χ3v) is 6.04. The van der Waals surface area contributed by atoms with Gasteiger partial charge in [-0.1, -0.05) is 63.3 Å². The third-order valence-electron chi connectivity index (χ3n) is 4.20. The summed E-state index contributed by atoms with van der Waals surface area (Å²) in [4.78, 5) is 1.96. The first-order chi connectivity index (χ1) is 13.3. The second-order valence-electron chi connectivity index (χ2n) is 7.59. The molecule has 0 saturated heterocycles. The van der Waals surface area contributed by atoms with Gasteiger partial charge >= 0.3 is 0 Å². The molecule has 0 radical (unpaired) electrons. The highest BCUT2D eigenvalue weighted by Crippen LogP contribution is 2.18. The lowest BCUT2D eigenvalue weighted by Crippen LogP contribution is -2.28. The van der Waals surface area contributed by atoms with Crippen molar-refractivity contribution >= 4 is 21.9 Å². The molecule has 0 N–H and O–H groups in total. The summed E-state index contributed by atoms with van der Waals surface area (Å²) in [6, 6.07) is 0. The fourth-order valence-electron chi connectivity index (χ4n) is 2.73. The average Bonchev–Trinajstić information content (AvgIpc) is 2.59. The van der Waals surface area contributed by atoms with Crippen LogP contribution in [0.4, 0.5) is 0 Å². The fraction of sp³-hybridized carbons (Fsp3) is 0.818. The lowest BCUT2D eigenvalue weighted by atomic mass is 10.1. The number of likely N-dealkylation sites (N-methyl/N-ethyl adjacent to an activating group) is 1. The largest absolute Gasteiger partial charge is 0.306 e. The molecule has 0 saturated carbocycles. The number of rotatable bonds is 19. The van der Waals surface area contributed by atoms with Gasteiger partial charge in [0, 0.05) is 6.54 Å². The monoisotopic (exact) mass is 433 g/mol. The van der Waals surface area contributed by atoms with Crippen LogP contribution >= 0.6 is 11.8 Å². The van der Waals surface area contributed by atoms with Crippen LogP contribution in [0.3, 0.4) is 0 Å². The Morgan fingerprint density at radius 1 is 0.893 bits per heavy atom. The van der Waals surface area contributed by atoms with E-state index in [9.17, 15) is 8.42 Å². The predicted molar refractivity (Wildman–Crippen MR) is 125 cm³/mol. The van der Waals surface area contributed by atoms with Crippen molar-refractivity contribution in [2.45, 2.75) is 83.0 Å². The number of thioether (sulfide) groups is 1. The molecule has 4 nitrogen and oxygen atoms in total. The molecule has 0 aromatic rings. The van der Waals surface area contributed by atoms with Crippen LogP contribution < -0.4 is 0 Å². The zero-order valence-corrected chi connectivity index (χ0v) is 20.2. The van der Waals surface area contributed by atoms with Gasteiger partial charge in [0.1, 0.15) is 5.44 Å². The van der Waals surface area contributed by atoms with Crippen molar-refractivity contribution in [3.05, 3.63) is 24.3 Å². The van der Waals surface area contributed by atoms with Crippen molar-refractivity contribution in [3.8, 4) is 0 Å². The van der Waals surface area contributed by atoms with Gasteiger partial charge in [-0.15, -0.1) is 11.8 Å². The molecule has 1 unspecified atom stereocenters.